The van der Waals surface area contributed by atoms with Crippen LogP contribution < -0.4 is 9.64 Å². The molecule has 1 aliphatic rings. The lowest BCUT2D eigenvalue weighted by atomic mass is 10.1. The van der Waals surface area contributed by atoms with Gasteiger partial charge in [0.05, 0.1) is 17.2 Å². The summed E-state index contributed by atoms with van der Waals surface area (Å²) in [7, 11) is 0. The predicted octanol–water partition coefficient (Wildman–Crippen LogP) is 5.05. The van der Waals surface area contributed by atoms with E-state index in [0.717, 1.165) is 23.4 Å². The van der Waals surface area contributed by atoms with Crippen LogP contribution in [-0.2, 0) is 11.2 Å². The molecular weight excluding hydrogens is 350 g/mol. The number of para-hydroxylation sites is 1. The first-order valence-corrected chi connectivity index (χ1v) is 9.45. The molecule has 0 aliphatic carbocycles. The van der Waals surface area contributed by atoms with Gasteiger partial charge >= 0.3 is 0 Å². The van der Waals surface area contributed by atoms with E-state index in [4.69, 9.17) is 17.0 Å². The predicted molar refractivity (Wildman–Crippen MR) is 109 cm³/mol. The standard InChI is InChI=1S/C20H19NO2S2/c1-3-14-9-11-16(12-10-14)21-19(22)18(25-20(21)24)13-15-7-5-6-8-17(15)23-4-2/h5-13H,3-4H2,1-2H3/b18-13-. The van der Waals surface area contributed by atoms with Crippen LogP contribution >= 0.6 is 24.0 Å². The van der Waals surface area contributed by atoms with Crippen molar-refractivity contribution in [1.82, 2.24) is 0 Å². The van der Waals surface area contributed by atoms with Gasteiger partial charge in [-0.2, -0.15) is 0 Å². The second-order valence-electron chi connectivity index (χ2n) is 5.51. The van der Waals surface area contributed by atoms with Gasteiger partial charge in [0.15, 0.2) is 4.32 Å². The van der Waals surface area contributed by atoms with E-state index in [2.05, 4.69) is 6.92 Å². The van der Waals surface area contributed by atoms with Crippen LogP contribution in [0.15, 0.2) is 53.4 Å². The minimum absolute atomic E-state index is 0.0921. The molecule has 0 spiro atoms. The molecule has 1 aliphatic heterocycles. The molecule has 0 bridgehead atoms. The van der Waals surface area contributed by atoms with Crippen molar-refractivity contribution in [3.05, 3.63) is 64.6 Å². The summed E-state index contributed by atoms with van der Waals surface area (Å²) < 4.78 is 6.19. The highest BCUT2D eigenvalue weighted by Crippen LogP contribution is 2.37. The minimum atomic E-state index is -0.0921. The monoisotopic (exact) mass is 369 g/mol. The van der Waals surface area contributed by atoms with E-state index in [9.17, 15) is 4.79 Å². The zero-order chi connectivity index (χ0) is 17.8. The number of ether oxygens (including phenoxy) is 1. The van der Waals surface area contributed by atoms with Gasteiger partial charge in [0, 0.05) is 5.56 Å². The number of carbonyl (C=O) groups is 1. The molecule has 5 heteroatoms. The van der Waals surface area contributed by atoms with Gasteiger partial charge < -0.3 is 4.74 Å². The third-order valence-electron chi connectivity index (χ3n) is 3.90. The Balaban J connectivity index is 1.90. The molecule has 0 N–H and O–H groups in total. The summed E-state index contributed by atoms with van der Waals surface area (Å²) in [5.41, 5.74) is 2.92. The third kappa shape index (κ3) is 3.78. The van der Waals surface area contributed by atoms with Gasteiger partial charge in [-0.15, -0.1) is 0 Å². The van der Waals surface area contributed by atoms with Crippen molar-refractivity contribution >= 4 is 46.0 Å². The third-order valence-corrected chi connectivity index (χ3v) is 5.20. The van der Waals surface area contributed by atoms with Gasteiger partial charge in [-0.25, -0.2) is 0 Å². The molecule has 0 unspecified atom stereocenters. The fraction of sp³-hybridized carbons (Fsp3) is 0.200. The van der Waals surface area contributed by atoms with E-state index in [1.165, 1.54) is 17.3 Å². The molecule has 3 rings (SSSR count). The average molecular weight is 370 g/mol. The number of amides is 1. The zero-order valence-electron chi connectivity index (χ0n) is 14.2. The van der Waals surface area contributed by atoms with Crippen LogP contribution in [0.4, 0.5) is 5.69 Å². The Morgan fingerprint density at radius 3 is 2.52 bits per heavy atom. The highest BCUT2D eigenvalue weighted by Gasteiger charge is 2.33. The van der Waals surface area contributed by atoms with Crippen LogP contribution in [0.5, 0.6) is 5.75 Å². The van der Waals surface area contributed by atoms with Crippen LogP contribution in [-0.4, -0.2) is 16.8 Å². The van der Waals surface area contributed by atoms with Crippen molar-refractivity contribution in [2.24, 2.45) is 0 Å². The van der Waals surface area contributed by atoms with Gasteiger partial charge in [-0.1, -0.05) is 61.2 Å². The summed E-state index contributed by atoms with van der Waals surface area (Å²) in [6.45, 7) is 4.62. The maximum Gasteiger partial charge on any atom is 0.270 e. The van der Waals surface area contributed by atoms with E-state index in [-0.39, 0.29) is 5.91 Å². The summed E-state index contributed by atoms with van der Waals surface area (Å²) in [5, 5.41) is 0. The summed E-state index contributed by atoms with van der Waals surface area (Å²) in [6.07, 6.45) is 2.82. The number of benzene rings is 2. The van der Waals surface area contributed by atoms with Crippen molar-refractivity contribution in [2.75, 3.05) is 11.5 Å². The summed E-state index contributed by atoms with van der Waals surface area (Å²) >= 11 is 6.76. The Morgan fingerprint density at radius 1 is 1.12 bits per heavy atom. The number of aryl methyl sites for hydroxylation is 1. The molecule has 1 saturated heterocycles. The molecular formula is C20H19NO2S2. The largest absolute Gasteiger partial charge is 0.493 e. The van der Waals surface area contributed by atoms with E-state index in [0.29, 0.717) is 15.8 Å². The molecule has 1 amide bonds. The van der Waals surface area contributed by atoms with Gasteiger partial charge in [0.1, 0.15) is 5.75 Å². The number of rotatable bonds is 5. The van der Waals surface area contributed by atoms with Crippen molar-refractivity contribution in [3.63, 3.8) is 0 Å². The fourth-order valence-electron chi connectivity index (χ4n) is 2.60. The smallest absolute Gasteiger partial charge is 0.270 e. The summed E-state index contributed by atoms with van der Waals surface area (Å²) in [5.74, 6) is 0.674. The maximum atomic E-state index is 12.9. The number of thioether (sulfide) groups is 1. The summed E-state index contributed by atoms with van der Waals surface area (Å²) in [6, 6.07) is 15.6. The SMILES string of the molecule is CCOc1ccccc1/C=C1\SC(=S)N(c2ccc(CC)cc2)C1=O. The molecule has 3 nitrogen and oxygen atoms in total. The number of hydrogen-bond acceptors (Lipinski definition) is 4. The molecule has 25 heavy (non-hydrogen) atoms. The van der Waals surface area contributed by atoms with Crippen LogP contribution in [0.1, 0.15) is 25.0 Å². The molecule has 0 radical (unpaired) electrons. The highest BCUT2D eigenvalue weighted by atomic mass is 32.2. The lowest BCUT2D eigenvalue weighted by Crippen LogP contribution is -2.27. The Kier molecular flexibility index (Phi) is 5.56. The van der Waals surface area contributed by atoms with Gasteiger partial charge in [0.2, 0.25) is 0 Å². The highest BCUT2D eigenvalue weighted by molar-refractivity contribution is 8.27. The van der Waals surface area contributed by atoms with E-state index in [1.807, 2.05) is 61.5 Å². The number of thiocarbonyl (C=S) groups is 1. The first-order chi connectivity index (χ1) is 12.1. The first-order valence-electron chi connectivity index (χ1n) is 8.22. The molecule has 0 saturated carbocycles. The first kappa shape index (κ1) is 17.7. The van der Waals surface area contributed by atoms with Crippen molar-refractivity contribution < 1.29 is 9.53 Å². The normalized spacial score (nSPS) is 15.9. The molecule has 2 aromatic carbocycles. The van der Waals surface area contributed by atoms with Crippen molar-refractivity contribution in [2.45, 2.75) is 20.3 Å². The number of nitrogens with zero attached hydrogens (tertiary/aromatic N) is 1. The van der Waals surface area contributed by atoms with Crippen molar-refractivity contribution in [1.29, 1.82) is 0 Å². The molecule has 0 atom stereocenters. The lowest BCUT2D eigenvalue weighted by molar-refractivity contribution is -0.113. The molecule has 1 fully saturated rings. The average Bonchev–Trinajstić information content (AvgIpc) is 2.90. The van der Waals surface area contributed by atoms with Gasteiger partial charge in [0.25, 0.3) is 5.91 Å². The van der Waals surface area contributed by atoms with E-state index >= 15 is 0 Å². The fourth-order valence-corrected chi connectivity index (χ4v) is 3.89. The van der Waals surface area contributed by atoms with Crippen molar-refractivity contribution in [3.8, 4) is 5.75 Å². The van der Waals surface area contributed by atoms with Gasteiger partial charge in [-0.3, -0.25) is 9.69 Å². The second kappa shape index (κ2) is 7.85. The van der Waals surface area contributed by atoms with E-state index in [1.54, 1.807) is 4.90 Å². The molecule has 0 aromatic heterocycles. The Morgan fingerprint density at radius 2 is 1.84 bits per heavy atom. The summed E-state index contributed by atoms with van der Waals surface area (Å²) in [4.78, 5) is 15.1. The van der Waals surface area contributed by atoms with E-state index < -0.39 is 0 Å². The van der Waals surface area contributed by atoms with Crippen LogP contribution in [0.3, 0.4) is 0 Å². The number of anilines is 1. The Bertz CT molecular complexity index is 828. The second-order valence-corrected chi connectivity index (χ2v) is 7.18. The van der Waals surface area contributed by atoms with Gasteiger partial charge in [-0.05, 0) is 43.2 Å². The topological polar surface area (TPSA) is 29.5 Å². The minimum Gasteiger partial charge on any atom is -0.493 e. The lowest BCUT2D eigenvalue weighted by Gasteiger charge is -2.14. The van der Waals surface area contributed by atoms with Crippen LogP contribution in [0.25, 0.3) is 6.08 Å². The van der Waals surface area contributed by atoms with Crippen LogP contribution in [0.2, 0.25) is 0 Å². The maximum absolute atomic E-state index is 12.9. The molecule has 128 valence electrons. The Labute approximate surface area is 157 Å². The number of carbonyl (C=O) groups excluding carboxylic acids is 1. The molecule has 2 aromatic rings. The molecule has 1 heterocycles. The quantitative estimate of drug-likeness (QED) is 0.545. The number of hydrogen-bond donors (Lipinski definition) is 0. The van der Waals surface area contributed by atoms with Crippen LogP contribution in [0, 0.1) is 0 Å². The Hall–Kier alpha value is -2.11. The zero-order valence-corrected chi connectivity index (χ0v) is 15.8.